The highest BCUT2D eigenvalue weighted by Gasteiger charge is 2.26. The van der Waals surface area contributed by atoms with Gasteiger partial charge in [0.15, 0.2) is 0 Å². The maximum atomic E-state index is 9.77. The zero-order chi connectivity index (χ0) is 9.12. The minimum atomic E-state index is -0.590. The van der Waals surface area contributed by atoms with Gasteiger partial charge in [0.1, 0.15) is 0 Å². The minimum absolute atomic E-state index is 0.179. The second kappa shape index (κ2) is 3.55. The molecule has 0 aromatic heterocycles. The lowest BCUT2D eigenvalue weighted by Crippen LogP contribution is -2.32. The average molecular weight is 159 g/mol. The first-order valence-corrected chi connectivity index (χ1v) is 4.19. The van der Waals surface area contributed by atoms with Gasteiger partial charge in [0.25, 0.3) is 0 Å². The van der Waals surface area contributed by atoms with Crippen molar-refractivity contribution in [2.75, 3.05) is 6.54 Å². The van der Waals surface area contributed by atoms with Crippen LogP contribution < -0.4 is 5.73 Å². The summed E-state index contributed by atoms with van der Waals surface area (Å²) in [7, 11) is 0. The summed E-state index contributed by atoms with van der Waals surface area (Å²) in [4.78, 5) is 0. The molecule has 68 valence electrons. The molecule has 1 atom stereocenters. The summed E-state index contributed by atoms with van der Waals surface area (Å²) in [5, 5.41) is 9.77. The van der Waals surface area contributed by atoms with Crippen LogP contribution in [0.25, 0.3) is 0 Å². The molecule has 0 fully saturated rings. The largest absolute Gasteiger partial charge is 0.390 e. The molecule has 0 aromatic carbocycles. The predicted octanol–water partition coefficient (Wildman–Crippen LogP) is 1.52. The van der Waals surface area contributed by atoms with Crippen molar-refractivity contribution in [2.45, 2.75) is 46.1 Å². The van der Waals surface area contributed by atoms with Crippen LogP contribution in [-0.4, -0.2) is 17.3 Å². The highest BCUT2D eigenvalue weighted by atomic mass is 16.3. The Hall–Kier alpha value is -0.0800. The second-order valence-corrected chi connectivity index (χ2v) is 4.77. The van der Waals surface area contributed by atoms with Gasteiger partial charge >= 0.3 is 0 Å². The summed E-state index contributed by atoms with van der Waals surface area (Å²) < 4.78 is 0. The van der Waals surface area contributed by atoms with E-state index in [4.69, 9.17) is 5.73 Å². The Bertz CT molecular complexity index is 113. The highest BCUT2D eigenvalue weighted by molar-refractivity contribution is 4.79. The number of hydrogen-bond acceptors (Lipinski definition) is 2. The first-order valence-electron chi connectivity index (χ1n) is 4.19. The van der Waals surface area contributed by atoms with E-state index in [2.05, 4.69) is 20.8 Å². The van der Waals surface area contributed by atoms with E-state index in [9.17, 15) is 5.11 Å². The van der Waals surface area contributed by atoms with Crippen LogP contribution in [0.4, 0.5) is 0 Å². The van der Waals surface area contributed by atoms with Crippen LogP contribution in [0.2, 0.25) is 0 Å². The second-order valence-electron chi connectivity index (χ2n) is 4.77. The normalized spacial score (nSPS) is 18.0. The summed E-state index contributed by atoms with van der Waals surface area (Å²) in [6.45, 7) is 8.78. The van der Waals surface area contributed by atoms with Crippen molar-refractivity contribution >= 4 is 0 Å². The Morgan fingerprint density at radius 1 is 1.18 bits per heavy atom. The van der Waals surface area contributed by atoms with Crippen molar-refractivity contribution in [2.24, 2.45) is 11.1 Å². The van der Waals surface area contributed by atoms with Crippen LogP contribution >= 0.6 is 0 Å². The van der Waals surface area contributed by atoms with Crippen molar-refractivity contribution in [3.8, 4) is 0 Å². The number of aliphatic hydroxyl groups is 1. The molecule has 0 heterocycles. The van der Waals surface area contributed by atoms with E-state index < -0.39 is 5.60 Å². The Balaban J connectivity index is 3.91. The molecule has 0 radical (unpaired) electrons. The van der Waals surface area contributed by atoms with Gasteiger partial charge in [-0.2, -0.15) is 0 Å². The van der Waals surface area contributed by atoms with Gasteiger partial charge in [-0.15, -0.1) is 0 Å². The van der Waals surface area contributed by atoms with Crippen molar-refractivity contribution in [1.29, 1.82) is 0 Å². The van der Waals surface area contributed by atoms with Crippen LogP contribution in [-0.2, 0) is 0 Å². The molecule has 2 heteroatoms. The van der Waals surface area contributed by atoms with Gasteiger partial charge in [-0.25, -0.2) is 0 Å². The fraction of sp³-hybridized carbons (Fsp3) is 1.00. The van der Waals surface area contributed by atoms with Gasteiger partial charge in [-0.1, -0.05) is 20.8 Å². The molecule has 2 nitrogen and oxygen atoms in total. The Morgan fingerprint density at radius 2 is 1.64 bits per heavy atom. The molecule has 0 aromatic rings. The van der Waals surface area contributed by atoms with E-state index in [-0.39, 0.29) is 5.41 Å². The zero-order valence-electron chi connectivity index (χ0n) is 8.15. The monoisotopic (exact) mass is 159 g/mol. The third-order valence-electron chi connectivity index (χ3n) is 1.59. The van der Waals surface area contributed by atoms with Crippen molar-refractivity contribution in [3.63, 3.8) is 0 Å². The molecule has 1 unspecified atom stereocenters. The first kappa shape index (κ1) is 10.9. The zero-order valence-corrected chi connectivity index (χ0v) is 8.15. The van der Waals surface area contributed by atoms with Crippen LogP contribution in [0, 0.1) is 5.41 Å². The molecule has 11 heavy (non-hydrogen) atoms. The van der Waals surface area contributed by atoms with E-state index in [0.29, 0.717) is 13.0 Å². The maximum absolute atomic E-state index is 9.77. The third kappa shape index (κ3) is 6.32. The molecule has 0 aliphatic rings. The van der Waals surface area contributed by atoms with Crippen molar-refractivity contribution < 1.29 is 5.11 Å². The van der Waals surface area contributed by atoms with Crippen LogP contribution in [0.5, 0.6) is 0 Å². The molecule has 0 amide bonds. The molecular weight excluding hydrogens is 138 g/mol. The number of hydrogen-bond donors (Lipinski definition) is 2. The molecular formula is C9H21NO. The topological polar surface area (TPSA) is 46.2 Å². The summed E-state index contributed by atoms with van der Waals surface area (Å²) in [6, 6.07) is 0. The van der Waals surface area contributed by atoms with Crippen molar-refractivity contribution in [1.82, 2.24) is 0 Å². The van der Waals surface area contributed by atoms with E-state index in [1.807, 2.05) is 6.92 Å². The Kier molecular flexibility index (Phi) is 3.52. The van der Waals surface area contributed by atoms with Crippen LogP contribution in [0.15, 0.2) is 0 Å². The Morgan fingerprint density at radius 3 is 1.91 bits per heavy atom. The Labute approximate surface area is 69.8 Å². The first-order chi connectivity index (χ1) is 4.77. The lowest BCUT2D eigenvalue weighted by molar-refractivity contribution is 0.0137. The third-order valence-corrected chi connectivity index (χ3v) is 1.59. The summed E-state index contributed by atoms with van der Waals surface area (Å²) >= 11 is 0. The molecule has 0 saturated heterocycles. The summed E-state index contributed by atoms with van der Waals surface area (Å²) in [5.74, 6) is 0. The van der Waals surface area contributed by atoms with E-state index in [1.165, 1.54) is 0 Å². The summed E-state index contributed by atoms with van der Waals surface area (Å²) in [5.41, 5.74) is 4.96. The van der Waals surface area contributed by atoms with E-state index >= 15 is 0 Å². The quantitative estimate of drug-likeness (QED) is 0.656. The van der Waals surface area contributed by atoms with Crippen LogP contribution in [0.1, 0.15) is 40.5 Å². The lowest BCUT2D eigenvalue weighted by Gasteiger charge is -2.30. The smallest absolute Gasteiger partial charge is 0.0636 e. The molecule has 0 spiro atoms. The molecule has 3 N–H and O–H groups in total. The SMILES string of the molecule is CC(C)(C)CC(C)(O)CCN. The van der Waals surface area contributed by atoms with Gasteiger partial charge in [0.05, 0.1) is 5.60 Å². The number of rotatable bonds is 3. The van der Waals surface area contributed by atoms with Gasteiger partial charge in [0, 0.05) is 0 Å². The predicted molar refractivity (Wildman–Crippen MR) is 48.4 cm³/mol. The average Bonchev–Trinajstić information content (AvgIpc) is 1.55. The van der Waals surface area contributed by atoms with Gasteiger partial charge in [0.2, 0.25) is 0 Å². The van der Waals surface area contributed by atoms with E-state index in [0.717, 1.165) is 6.42 Å². The number of nitrogens with two attached hydrogens (primary N) is 1. The molecule has 0 rings (SSSR count). The fourth-order valence-corrected chi connectivity index (χ4v) is 1.54. The van der Waals surface area contributed by atoms with Crippen LogP contribution in [0.3, 0.4) is 0 Å². The molecule has 0 bridgehead atoms. The fourth-order valence-electron chi connectivity index (χ4n) is 1.54. The minimum Gasteiger partial charge on any atom is -0.390 e. The standard InChI is InChI=1S/C9H21NO/c1-8(2,3)7-9(4,11)5-6-10/h11H,5-7,10H2,1-4H3. The van der Waals surface area contributed by atoms with E-state index in [1.54, 1.807) is 0 Å². The van der Waals surface area contributed by atoms with Crippen molar-refractivity contribution in [3.05, 3.63) is 0 Å². The molecule has 0 saturated carbocycles. The van der Waals surface area contributed by atoms with Gasteiger partial charge in [-0.3, -0.25) is 0 Å². The van der Waals surface area contributed by atoms with Gasteiger partial charge in [-0.05, 0) is 31.7 Å². The van der Waals surface area contributed by atoms with Gasteiger partial charge < -0.3 is 10.8 Å². The molecule has 0 aliphatic heterocycles. The maximum Gasteiger partial charge on any atom is 0.0636 e. The molecule has 0 aliphatic carbocycles. The lowest BCUT2D eigenvalue weighted by atomic mass is 9.81. The highest BCUT2D eigenvalue weighted by Crippen LogP contribution is 2.28. The summed E-state index contributed by atoms with van der Waals surface area (Å²) in [6.07, 6.45) is 1.49.